The van der Waals surface area contributed by atoms with E-state index in [0.29, 0.717) is 0 Å². The Kier molecular flexibility index (Phi) is 4.61. The summed E-state index contributed by atoms with van der Waals surface area (Å²) in [5.41, 5.74) is 4.14. The van der Waals surface area contributed by atoms with E-state index in [1.807, 2.05) is 0 Å². The van der Waals surface area contributed by atoms with Gasteiger partial charge in [0.1, 0.15) is 0 Å². The van der Waals surface area contributed by atoms with Crippen LogP contribution in [0.25, 0.3) is 0 Å². The predicted molar refractivity (Wildman–Crippen MR) is 78.5 cm³/mol. The summed E-state index contributed by atoms with van der Waals surface area (Å²) in [6.45, 7) is 8.00. The minimum Gasteiger partial charge on any atom is -0.377 e. The van der Waals surface area contributed by atoms with Crippen molar-refractivity contribution in [3.05, 3.63) is 29.3 Å². The topological polar surface area (TPSA) is 18.5 Å². The van der Waals surface area contributed by atoms with E-state index in [0.717, 1.165) is 19.5 Å². The average molecular weight is 247 g/mol. The molecule has 1 saturated heterocycles. The molecule has 0 saturated carbocycles. The van der Waals surface area contributed by atoms with Crippen molar-refractivity contribution in [2.24, 2.45) is 0 Å². The summed E-state index contributed by atoms with van der Waals surface area (Å²) in [6.07, 6.45) is 1.15. The number of piperazine rings is 1. The van der Waals surface area contributed by atoms with Crippen LogP contribution >= 0.6 is 0 Å². The van der Waals surface area contributed by atoms with Gasteiger partial charge in [0, 0.05) is 52.5 Å². The van der Waals surface area contributed by atoms with E-state index in [1.165, 1.54) is 36.4 Å². The zero-order valence-electron chi connectivity index (χ0n) is 11.9. The molecule has 3 heteroatoms. The van der Waals surface area contributed by atoms with Crippen molar-refractivity contribution in [2.75, 3.05) is 51.7 Å². The molecular weight excluding hydrogens is 222 g/mol. The second-order valence-corrected chi connectivity index (χ2v) is 5.36. The molecule has 0 bridgehead atoms. The maximum atomic E-state index is 3.40. The van der Waals surface area contributed by atoms with Gasteiger partial charge in [-0.15, -0.1) is 0 Å². The van der Waals surface area contributed by atoms with Gasteiger partial charge in [0.15, 0.2) is 0 Å². The van der Waals surface area contributed by atoms with Gasteiger partial charge in [-0.3, -0.25) is 0 Å². The van der Waals surface area contributed by atoms with Gasteiger partial charge in [0.25, 0.3) is 0 Å². The fourth-order valence-corrected chi connectivity index (χ4v) is 2.51. The lowest BCUT2D eigenvalue weighted by Gasteiger charge is -2.27. The highest BCUT2D eigenvalue weighted by Gasteiger charge is 2.09. The second-order valence-electron chi connectivity index (χ2n) is 5.36. The number of hydrogen-bond donors (Lipinski definition) is 1. The Labute approximate surface area is 111 Å². The molecule has 1 aliphatic heterocycles. The molecule has 1 aliphatic rings. The molecule has 0 spiro atoms. The highest BCUT2D eigenvalue weighted by atomic mass is 15.2. The van der Waals surface area contributed by atoms with Crippen molar-refractivity contribution >= 4 is 5.69 Å². The summed E-state index contributed by atoms with van der Waals surface area (Å²) in [5, 5.41) is 3.40. The molecule has 100 valence electrons. The highest BCUT2D eigenvalue weighted by molar-refractivity contribution is 5.53. The summed E-state index contributed by atoms with van der Waals surface area (Å²) in [7, 11) is 4.23. The Bertz CT molecular complexity index is 381. The molecular formula is C15H25N3. The minimum atomic E-state index is 1.14. The van der Waals surface area contributed by atoms with Crippen LogP contribution in [0.1, 0.15) is 11.1 Å². The monoisotopic (exact) mass is 247 g/mol. The van der Waals surface area contributed by atoms with Gasteiger partial charge in [-0.1, -0.05) is 12.1 Å². The van der Waals surface area contributed by atoms with Crippen LogP contribution in [0.4, 0.5) is 5.69 Å². The van der Waals surface area contributed by atoms with E-state index < -0.39 is 0 Å². The Morgan fingerprint density at radius 2 is 1.94 bits per heavy atom. The first-order valence-electron chi connectivity index (χ1n) is 6.87. The number of benzene rings is 1. The summed E-state index contributed by atoms with van der Waals surface area (Å²) >= 11 is 0. The lowest BCUT2D eigenvalue weighted by Crippen LogP contribution is -2.44. The first kappa shape index (κ1) is 13.4. The quantitative estimate of drug-likeness (QED) is 0.870. The third kappa shape index (κ3) is 3.47. The zero-order chi connectivity index (χ0) is 13.0. The largest absolute Gasteiger partial charge is 0.377 e. The molecule has 0 amide bonds. The van der Waals surface area contributed by atoms with Crippen molar-refractivity contribution in [1.29, 1.82) is 0 Å². The predicted octanol–water partition coefficient (Wildman–Crippen LogP) is 1.51. The van der Waals surface area contributed by atoms with Crippen molar-refractivity contribution in [2.45, 2.75) is 13.3 Å². The minimum absolute atomic E-state index is 1.14. The molecule has 1 heterocycles. The van der Waals surface area contributed by atoms with E-state index in [4.69, 9.17) is 0 Å². The second kappa shape index (κ2) is 6.21. The fourth-order valence-electron chi connectivity index (χ4n) is 2.51. The van der Waals surface area contributed by atoms with E-state index in [9.17, 15) is 0 Å². The standard InChI is InChI=1S/C15H25N3/c1-13-4-5-14(12-15(13)17(2)3)6-9-18-10-7-16-8-11-18/h4-5,12,16H,6-11H2,1-3H3. The normalized spacial score (nSPS) is 16.8. The summed E-state index contributed by atoms with van der Waals surface area (Å²) < 4.78 is 0. The number of hydrogen-bond acceptors (Lipinski definition) is 3. The van der Waals surface area contributed by atoms with Crippen LogP contribution in [0.3, 0.4) is 0 Å². The van der Waals surface area contributed by atoms with Crippen LogP contribution in [0, 0.1) is 6.92 Å². The Hall–Kier alpha value is -1.06. The van der Waals surface area contributed by atoms with Gasteiger partial charge < -0.3 is 15.1 Å². The van der Waals surface area contributed by atoms with Gasteiger partial charge in [-0.25, -0.2) is 0 Å². The van der Waals surface area contributed by atoms with Gasteiger partial charge in [0.05, 0.1) is 0 Å². The Balaban J connectivity index is 1.94. The van der Waals surface area contributed by atoms with Crippen LogP contribution in [0.5, 0.6) is 0 Å². The van der Waals surface area contributed by atoms with Gasteiger partial charge in [0.2, 0.25) is 0 Å². The van der Waals surface area contributed by atoms with Crippen LogP contribution in [0.2, 0.25) is 0 Å². The van der Waals surface area contributed by atoms with Crippen molar-refractivity contribution in [3.8, 4) is 0 Å². The van der Waals surface area contributed by atoms with E-state index in [2.05, 4.69) is 54.3 Å². The molecule has 0 aliphatic carbocycles. The van der Waals surface area contributed by atoms with Crippen molar-refractivity contribution in [3.63, 3.8) is 0 Å². The maximum Gasteiger partial charge on any atom is 0.0393 e. The lowest BCUT2D eigenvalue weighted by atomic mass is 10.1. The number of anilines is 1. The van der Waals surface area contributed by atoms with Gasteiger partial charge in [-0.05, 0) is 30.5 Å². The summed E-state index contributed by atoms with van der Waals surface area (Å²) in [4.78, 5) is 4.75. The van der Waals surface area contributed by atoms with E-state index in [1.54, 1.807) is 0 Å². The molecule has 0 radical (unpaired) electrons. The maximum absolute atomic E-state index is 3.40. The van der Waals surface area contributed by atoms with Crippen LogP contribution in [-0.4, -0.2) is 51.7 Å². The summed E-state index contributed by atoms with van der Waals surface area (Å²) in [6, 6.07) is 6.84. The smallest absolute Gasteiger partial charge is 0.0393 e. The van der Waals surface area contributed by atoms with Crippen molar-refractivity contribution in [1.82, 2.24) is 10.2 Å². The highest BCUT2D eigenvalue weighted by Crippen LogP contribution is 2.19. The molecule has 3 nitrogen and oxygen atoms in total. The van der Waals surface area contributed by atoms with Crippen LogP contribution < -0.4 is 10.2 Å². The molecule has 18 heavy (non-hydrogen) atoms. The van der Waals surface area contributed by atoms with Gasteiger partial charge >= 0.3 is 0 Å². The molecule has 0 aromatic heterocycles. The van der Waals surface area contributed by atoms with Crippen LogP contribution in [0.15, 0.2) is 18.2 Å². The van der Waals surface area contributed by atoms with E-state index >= 15 is 0 Å². The summed E-state index contributed by atoms with van der Waals surface area (Å²) in [5.74, 6) is 0. The SMILES string of the molecule is Cc1ccc(CCN2CCNCC2)cc1N(C)C. The lowest BCUT2D eigenvalue weighted by molar-refractivity contribution is 0.244. The average Bonchev–Trinajstić information content (AvgIpc) is 2.38. The third-order valence-electron chi connectivity index (χ3n) is 3.68. The fraction of sp³-hybridized carbons (Fsp3) is 0.600. The van der Waals surface area contributed by atoms with Crippen molar-refractivity contribution < 1.29 is 0 Å². The van der Waals surface area contributed by atoms with Crippen LogP contribution in [-0.2, 0) is 6.42 Å². The number of nitrogens with zero attached hydrogens (tertiary/aromatic N) is 2. The molecule has 1 fully saturated rings. The molecule has 0 atom stereocenters. The first-order chi connectivity index (χ1) is 8.66. The molecule has 2 rings (SSSR count). The molecule has 1 aromatic carbocycles. The zero-order valence-corrected chi connectivity index (χ0v) is 11.9. The number of aryl methyl sites for hydroxylation is 1. The molecule has 0 unspecified atom stereocenters. The van der Waals surface area contributed by atoms with E-state index in [-0.39, 0.29) is 0 Å². The number of nitrogens with one attached hydrogen (secondary N) is 1. The molecule has 1 N–H and O–H groups in total. The molecule has 1 aromatic rings. The number of rotatable bonds is 4. The van der Waals surface area contributed by atoms with Gasteiger partial charge in [-0.2, -0.15) is 0 Å². The third-order valence-corrected chi connectivity index (χ3v) is 3.68. The Morgan fingerprint density at radius 1 is 1.22 bits per heavy atom. The first-order valence-corrected chi connectivity index (χ1v) is 6.87. The Morgan fingerprint density at radius 3 is 2.61 bits per heavy atom.